The van der Waals surface area contributed by atoms with Gasteiger partial charge in [0.25, 0.3) is 0 Å². The topological polar surface area (TPSA) is 64.9 Å². The van der Waals surface area contributed by atoms with Gasteiger partial charge in [-0.25, -0.2) is 0 Å². The van der Waals surface area contributed by atoms with E-state index in [2.05, 4.69) is 10.6 Å². The number of nitrogens with one attached hydrogen (secondary N) is 2. The van der Waals surface area contributed by atoms with Crippen LogP contribution in [0.15, 0.2) is 0 Å². The van der Waals surface area contributed by atoms with Crippen LogP contribution in [0.5, 0.6) is 0 Å². The lowest BCUT2D eigenvalue weighted by molar-refractivity contribution is -0.123. The van der Waals surface area contributed by atoms with Crippen LogP contribution in [0.4, 0.5) is 0 Å². The van der Waals surface area contributed by atoms with Gasteiger partial charge < -0.3 is 10.6 Å². The maximum absolute atomic E-state index is 11.3. The number of hydrogen-bond donors (Lipinski definition) is 2. The minimum Gasteiger partial charge on any atom is -0.351 e. The summed E-state index contributed by atoms with van der Waals surface area (Å²) in [7, 11) is 1.73. The Bertz CT molecular complexity index is 198. The van der Waals surface area contributed by atoms with Crippen molar-refractivity contribution >= 4 is 5.91 Å². The van der Waals surface area contributed by atoms with Gasteiger partial charge in [-0.15, -0.1) is 0 Å². The van der Waals surface area contributed by atoms with E-state index in [1.54, 1.807) is 14.0 Å². The maximum Gasteiger partial charge on any atom is 0.237 e. The molecule has 0 radical (unpaired) electrons. The second kappa shape index (κ2) is 6.44. The molecule has 0 heterocycles. The molecule has 0 fully saturated rings. The van der Waals surface area contributed by atoms with Crippen molar-refractivity contribution in [1.82, 2.24) is 10.6 Å². The first-order valence-corrected chi connectivity index (χ1v) is 4.50. The summed E-state index contributed by atoms with van der Waals surface area (Å²) in [5.74, 6) is -0.0513. The molecule has 0 aliphatic carbocycles. The molecule has 74 valence electrons. The minimum atomic E-state index is -0.201. The molecule has 0 spiro atoms. The van der Waals surface area contributed by atoms with Crippen molar-refractivity contribution in [1.29, 1.82) is 5.26 Å². The molecule has 0 aliphatic rings. The molecular formula is C9H17N3O. The zero-order chi connectivity index (χ0) is 10.3. The van der Waals surface area contributed by atoms with Gasteiger partial charge >= 0.3 is 0 Å². The fourth-order valence-electron chi connectivity index (χ4n) is 0.865. The highest BCUT2D eigenvalue weighted by Crippen LogP contribution is 1.96. The predicted octanol–water partition coefficient (Wildman–Crippen LogP) is 0.403. The smallest absolute Gasteiger partial charge is 0.237 e. The van der Waals surface area contributed by atoms with Crippen LogP contribution in [-0.2, 0) is 4.79 Å². The van der Waals surface area contributed by atoms with Crippen molar-refractivity contribution in [3.63, 3.8) is 0 Å². The van der Waals surface area contributed by atoms with Crippen LogP contribution in [0.25, 0.3) is 0 Å². The lowest BCUT2D eigenvalue weighted by Crippen LogP contribution is -2.44. The Morgan fingerprint density at radius 3 is 2.62 bits per heavy atom. The summed E-state index contributed by atoms with van der Waals surface area (Å²) in [6.07, 6.45) is 1.16. The van der Waals surface area contributed by atoms with E-state index in [-0.39, 0.29) is 18.0 Å². The first kappa shape index (κ1) is 11.9. The Balaban J connectivity index is 3.94. The van der Waals surface area contributed by atoms with Gasteiger partial charge in [-0.2, -0.15) is 5.26 Å². The first-order chi connectivity index (χ1) is 6.15. The highest BCUT2D eigenvalue weighted by Gasteiger charge is 2.14. The molecule has 0 aromatic rings. The zero-order valence-corrected chi connectivity index (χ0v) is 8.42. The second-order valence-electron chi connectivity index (χ2n) is 2.99. The van der Waals surface area contributed by atoms with Gasteiger partial charge in [-0.05, 0) is 20.4 Å². The van der Waals surface area contributed by atoms with E-state index in [0.717, 1.165) is 6.42 Å². The zero-order valence-electron chi connectivity index (χ0n) is 8.42. The van der Waals surface area contributed by atoms with Gasteiger partial charge in [0.05, 0.1) is 18.5 Å². The molecule has 0 aliphatic heterocycles. The fraction of sp³-hybridized carbons (Fsp3) is 0.778. The van der Waals surface area contributed by atoms with E-state index in [4.69, 9.17) is 5.26 Å². The molecule has 13 heavy (non-hydrogen) atoms. The molecule has 0 aromatic heterocycles. The van der Waals surface area contributed by atoms with Crippen LogP contribution in [0.1, 0.15) is 26.7 Å². The highest BCUT2D eigenvalue weighted by atomic mass is 16.2. The lowest BCUT2D eigenvalue weighted by atomic mass is 10.1. The van der Waals surface area contributed by atoms with E-state index >= 15 is 0 Å². The van der Waals surface area contributed by atoms with E-state index < -0.39 is 0 Å². The molecule has 2 unspecified atom stereocenters. The molecule has 0 saturated heterocycles. The molecule has 4 nitrogen and oxygen atoms in total. The van der Waals surface area contributed by atoms with Crippen molar-refractivity contribution in [2.75, 3.05) is 7.05 Å². The van der Waals surface area contributed by atoms with Crippen LogP contribution in [0, 0.1) is 11.3 Å². The Morgan fingerprint density at radius 1 is 1.62 bits per heavy atom. The third kappa shape index (κ3) is 4.48. The number of nitrogens with zero attached hydrogens (tertiary/aromatic N) is 1. The summed E-state index contributed by atoms with van der Waals surface area (Å²) in [6.45, 7) is 3.74. The van der Waals surface area contributed by atoms with Crippen molar-refractivity contribution in [2.45, 2.75) is 38.8 Å². The summed E-state index contributed by atoms with van der Waals surface area (Å²) in [4.78, 5) is 11.3. The second-order valence-corrected chi connectivity index (χ2v) is 2.99. The summed E-state index contributed by atoms with van der Waals surface area (Å²) >= 11 is 0. The van der Waals surface area contributed by atoms with E-state index in [9.17, 15) is 4.79 Å². The van der Waals surface area contributed by atoms with E-state index in [1.807, 2.05) is 13.0 Å². The van der Waals surface area contributed by atoms with Gasteiger partial charge in [0.1, 0.15) is 0 Å². The van der Waals surface area contributed by atoms with Gasteiger partial charge in [-0.3, -0.25) is 4.79 Å². The van der Waals surface area contributed by atoms with Gasteiger partial charge in [0, 0.05) is 6.04 Å². The Hall–Kier alpha value is -1.08. The maximum atomic E-state index is 11.3. The van der Waals surface area contributed by atoms with Gasteiger partial charge in [0.15, 0.2) is 0 Å². The lowest BCUT2D eigenvalue weighted by Gasteiger charge is -2.16. The number of amides is 1. The van der Waals surface area contributed by atoms with Crippen molar-refractivity contribution < 1.29 is 4.79 Å². The molecule has 1 amide bonds. The average Bonchev–Trinajstić information content (AvgIpc) is 2.15. The van der Waals surface area contributed by atoms with Crippen LogP contribution in [0.3, 0.4) is 0 Å². The highest BCUT2D eigenvalue weighted by molar-refractivity contribution is 5.81. The van der Waals surface area contributed by atoms with Gasteiger partial charge in [-0.1, -0.05) is 6.92 Å². The average molecular weight is 183 g/mol. The molecule has 2 atom stereocenters. The number of nitriles is 1. The standard InChI is InChI=1S/C9H17N3O/c1-4-8(5-6-10)12-9(13)7(2)11-3/h7-8,11H,4-5H2,1-3H3,(H,12,13). The van der Waals surface area contributed by atoms with E-state index in [1.165, 1.54) is 0 Å². The number of carbonyl (C=O) groups is 1. The van der Waals surface area contributed by atoms with Crippen molar-refractivity contribution in [3.8, 4) is 6.07 Å². The van der Waals surface area contributed by atoms with Gasteiger partial charge in [0.2, 0.25) is 5.91 Å². The predicted molar refractivity (Wildman–Crippen MR) is 51.0 cm³/mol. The molecule has 0 saturated carbocycles. The fourth-order valence-corrected chi connectivity index (χ4v) is 0.865. The van der Waals surface area contributed by atoms with Crippen molar-refractivity contribution in [2.24, 2.45) is 0 Å². The molecule has 0 rings (SSSR count). The summed E-state index contributed by atoms with van der Waals surface area (Å²) in [6, 6.07) is 1.82. The summed E-state index contributed by atoms with van der Waals surface area (Å²) in [5, 5.41) is 14.1. The van der Waals surface area contributed by atoms with Crippen molar-refractivity contribution in [3.05, 3.63) is 0 Å². The number of likely N-dealkylation sites (N-methyl/N-ethyl adjacent to an activating group) is 1. The number of carbonyl (C=O) groups excluding carboxylic acids is 1. The Labute approximate surface area is 79.3 Å². The summed E-state index contributed by atoms with van der Waals surface area (Å²) in [5.41, 5.74) is 0. The largest absolute Gasteiger partial charge is 0.351 e. The number of hydrogen-bond acceptors (Lipinski definition) is 3. The summed E-state index contributed by atoms with van der Waals surface area (Å²) < 4.78 is 0. The minimum absolute atomic E-state index is 0.0201. The molecule has 4 heteroatoms. The van der Waals surface area contributed by atoms with E-state index in [0.29, 0.717) is 6.42 Å². The first-order valence-electron chi connectivity index (χ1n) is 4.50. The van der Waals surface area contributed by atoms with Crippen LogP contribution in [-0.4, -0.2) is 25.0 Å². The Kier molecular flexibility index (Phi) is 5.90. The number of rotatable bonds is 5. The quantitative estimate of drug-likeness (QED) is 0.648. The van der Waals surface area contributed by atoms with Crippen LogP contribution >= 0.6 is 0 Å². The van der Waals surface area contributed by atoms with Crippen LogP contribution < -0.4 is 10.6 Å². The molecular weight excluding hydrogens is 166 g/mol. The van der Waals surface area contributed by atoms with Crippen LogP contribution in [0.2, 0.25) is 0 Å². The molecule has 0 aromatic carbocycles. The monoisotopic (exact) mass is 183 g/mol. The SMILES string of the molecule is CCC(CC#N)NC(=O)C(C)NC. The Morgan fingerprint density at radius 2 is 2.23 bits per heavy atom. The molecule has 0 bridgehead atoms. The third-order valence-corrected chi connectivity index (χ3v) is 2.00. The molecule has 2 N–H and O–H groups in total. The third-order valence-electron chi connectivity index (χ3n) is 2.00. The normalized spacial score (nSPS) is 14.3.